The molecule has 2 amide bonds. The minimum Gasteiger partial charge on any atom is -0.465 e. The van der Waals surface area contributed by atoms with Crippen LogP contribution in [0.4, 0.5) is 4.79 Å². The topological polar surface area (TPSA) is 99.2 Å². The average molecular weight is 492 g/mol. The number of hydrogen-bond acceptors (Lipinski definition) is 5. The van der Waals surface area contributed by atoms with Gasteiger partial charge in [0, 0.05) is 62.6 Å². The van der Waals surface area contributed by atoms with Gasteiger partial charge in [0.2, 0.25) is 5.91 Å². The van der Waals surface area contributed by atoms with Crippen LogP contribution in [-0.4, -0.2) is 84.2 Å². The Kier molecular flexibility index (Phi) is 7.50. The molecular weight excluding hydrogens is 458 g/mol. The number of piperidine rings is 1. The van der Waals surface area contributed by atoms with Gasteiger partial charge in [-0.3, -0.25) is 14.5 Å². The van der Waals surface area contributed by atoms with Crippen LogP contribution in [-0.2, 0) is 14.3 Å². The average Bonchev–Trinajstić information content (AvgIpc) is 3.24. The third kappa shape index (κ3) is 4.43. The van der Waals surface area contributed by atoms with Crippen LogP contribution in [0.3, 0.4) is 0 Å². The molecule has 0 bridgehead atoms. The van der Waals surface area contributed by atoms with Crippen molar-refractivity contribution in [2.24, 2.45) is 11.8 Å². The lowest BCUT2D eigenvalue weighted by Crippen LogP contribution is -2.63. The molecule has 3 aliphatic rings. The van der Waals surface area contributed by atoms with Gasteiger partial charge < -0.3 is 20.1 Å². The second-order valence-corrected chi connectivity index (χ2v) is 10.1. The number of ketones is 1. The standard InChI is InChI=1S/C25H34ClN3O5/c1-3-29(24(32)33)25(15-27-14-21(25)16-4-6-19(26)7-5-16)22(30)17-8-10-28(11-9-17)23(31)18-12-20(13-18)34-2/h4-7,17-18,20-21,27H,3,8-15H2,1-2H3,(H,32,33)/t18?,20?,21-,25+/m0/s1. The minimum atomic E-state index is -1.19. The molecule has 2 aliphatic heterocycles. The van der Waals surface area contributed by atoms with Crippen molar-refractivity contribution in [1.29, 1.82) is 0 Å². The van der Waals surface area contributed by atoms with E-state index >= 15 is 0 Å². The molecule has 9 heteroatoms. The maximum Gasteiger partial charge on any atom is 0.408 e. The Balaban J connectivity index is 1.53. The highest BCUT2D eigenvalue weighted by atomic mass is 35.5. The van der Waals surface area contributed by atoms with E-state index in [0.29, 0.717) is 37.5 Å². The quantitative estimate of drug-likeness (QED) is 0.608. The van der Waals surface area contributed by atoms with Gasteiger partial charge in [0.1, 0.15) is 5.54 Å². The zero-order valence-corrected chi connectivity index (χ0v) is 20.6. The maximum atomic E-state index is 14.1. The summed E-state index contributed by atoms with van der Waals surface area (Å²) < 4.78 is 5.29. The van der Waals surface area contributed by atoms with E-state index in [-0.39, 0.29) is 48.6 Å². The predicted octanol–water partition coefficient (Wildman–Crippen LogP) is 3.00. The van der Waals surface area contributed by atoms with Crippen LogP contribution in [0, 0.1) is 11.8 Å². The molecule has 1 saturated carbocycles. The van der Waals surface area contributed by atoms with Crippen molar-refractivity contribution in [2.45, 2.75) is 50.2 Å². The second kappa shape index (κ2) is 10.2. The largest absolute Gasteiger partial charge is 0.465 e. The molecule has 1 aliphatic carbocycles. The zero-order valence-electron chi connectivity index (χ0n) is 19.8. The van der Waals surface area contributed by atoms with E-state index in [1.165, 1.54) is 4.90 Å². The van der Waals surface area contributed by atoms with Crippen LogP contribution in [0.25, 0.3) is 0 Å². The number of likely N-dealkylation sites (tertiary alicyclic amines) is 1. The van der Waals surface area contributed by atoms with Crippen LogP contribution in [0.5, 0.6) is 0 Å². The summed E-state index contributed by atoms with van der Waals surface area (Å²) in [4.78, 5) is 42.5. The van der Waals surface area contributed by atoms with E-state index in [9.17, 15) is 19.5 Å². The summed E-state index contributed by atoms with van der Waals surface area (Å²) in [5.74, 6) is -0.484. The van der Waals surface area contributed by atoms with E-state index in [1.54, 1.807) is 26.2 Å². The number of nitrogens with one attached hydrogen (secondary N) is 1. The van der Waals surface area contributed by atoms with E-state index in [4.69, 9.17) is 16.3 Å². The number of carbonyl (C=O) groups is 3. The number of methoxy groups -OCH3 is 1. The molecule has 2 heterocycles. The normalized spacial score (nSPS) is 29.5. The lowest BCUT2D eigenvalue weighted by Gasteiger charge is -2.45. The Bertz CT molecular complexity index is 912. The van der Waals surface area contributed by atoms with Gasteiger partial charge in [-0.25, -0.2) is 4.79 Å². The number of carbonyl (C=O) groups excluding carboxylic acids is 2. The first-order valence-electron chi connectivity index (χ1n) is 12.1. The molecule has 3 fully saturated rings. The number of benzene rings is 1. The Labute approximate surface area is 205 Å². The van der Waals surface area contributed by atoms with E-state index in [2.05, 4.69) is 5.32 Å². The smallest absolute Gasteiger partial charge is 0.408 e. The van der Waals surface area contributed by atoms with Crippen LogP contribution in [0.1, 0.15) is 44.1 Å². The third-order valence-corrected chi connectivity index (χ3v) is 8.25. The predicted molar refractivity (Wildman–Crippen MR) is 128 cm³/mol. The van der Waals surface area contributed by atoms with Gasteiger partial charge in [0.25, 0.3) is 0 Å². The molecule has 2 saturated heterocycles. The molecule has 0 spiro atoms. The van der Waals surface area contributed by atoms with E-state index in [0.717, 1.165) is 18.4 Å². The molecule has 2 N–H and O–H groups in total. The first-order valence-corrected chi connectivity index (χ1v) is 12.5. The Morgan fingerprint density at radius 2 is 1.82 bits per heavy atom. The fourth-order valence-electron chi connectivity index (χ4n) is 5.98. The molecule has 8 nitrogen and oxygen atoms in total. The fourth-order valence-corrected chi connectivity index (χ4v) is 6.11. The molecule has 1 aromatic rings. The van der Waals surface area contributed by atoms with Gasteiger partial charge >= 0.3 is 6.09 Å². The maximum absolute atomic E-state index is 14.1. The molecule has 0 radical (unpaired) electrons. The summed E-state index contributed by atoms with van der Waals surface area (Å²) >= 11 is 6.08. The molecule has 4 rings (SSSR count). The van der Waals surface area contributed by atoms with Crippen molar-refractivity contribution in [3.63, 3.8) is 0 Å². The lowest BCUT2D eigenvalue weighted by atomic mass is 9.71. The van der Waals surface area contributed by atoms with Gasteiger partial charge in [-0.2, -0.15) is 0 Å². The number of likely N-dealkylation sites (N-methyl/N-ethyl adjacent to an activating group) is 1. The molecular formula is C25H34ClN3O5. The van der Waals surface area contributed by atoms with Crippen LogP contribution < -0.4 is 5.32 Å². The summed E-state index contributed by atoms with van der Waals surface area (Å²) in [6, 6.07) is 7.32. The number of amides is 2. The first-order chi connectivity index (χ1) is 16.3. The molecule has 1 aromatic carbocycles. The minimum absolute atomic E-state index is 0.0134. The van der Waals surface area contributed by atoms with Crippen molar-refractivity contribution < 1.29 is 24.2 Å². The van der Waals surface area contributed by atoms with Crippen molar-refractivity contribution in [3.8, 4) is 0 Å². The Morgan fingerprint density at radius 3 is 2.38 bits per heavy atom. The number of hydrogen-bond donors (Lipinski definition) is 2. The number of Topliss-reactive ketones (excluding diaryl/α,β-unsaturated/α-hetero) is 1. The van der Waals surface area contributed by atoms with Crippen LogP contribution >= 0.6 is 11.6 Å². The van der Waals surface area contributed by atoms with Gasteiger partial charge in [0.05, 0.1) is 6.10 Å². The van der Waals surface area contributed by atoms with Gasteiger partial charge in [-0.05, 0) is 50.3 Å². The number of halogens is 1. The highest BCUT2D eigenvalue weighted by molar-refractivity contribution is 6.30. The van der Waals surface area contributed by atoms with Gasteiger partial charge in [-0.1, -0.05) is 23.7 Å². The fraction of sp³-hybridized carbons (Fsp3) is 0.640. The number of carboxylic acid groups (broad SMARTS) is 1. The van der Waals surface area contributed by atoms with E-state index < -0.39 is 11.6 Å². The van der Waals surface area contributed by atoms with Gasteiger partial charge in [-0.15, -0.1) is 0 Å². The monoisotopic (exact) mass is 491 g/mol. The van der Waals surface area contributed by atoms with Crippen molar-refractivity contribution >= 4 is 29.4 Å². The molecule has 186 valence electrons. The SMILES string of the molecule is CCN(C(=O)O)[C@]1(C(=O)C2CCN(C(=O)C3CC(OC)C3)CC2)CNC[C@H]1c1ccc(Cl)cc1. The third-order valence-electron chi connectivity index (χ3n) is 8.00. The molecule has 0 unspecified atom stereocenters. The van der Waals surface area contributed by atoms with Crippen molar-refractivity contribution in [3.05, 3.63) is 34.9 Å². The highest BCUT2D eigenvalue weighted by Gasteiger charge is 2.56. The van der Waals surface area contributed by atoms with Crippen LogP contribution in [0.2, 0.25) is 5.02 Å². The van der Waals surface area contributed by atoms with Crippen LogP contribution in [0.15, 0.2) is 24.3 Å². The summed E-state index contributed by atoms with van der Waals surface area (Å²) in [7, 11) is 1.67. The van der Waals surface area contributed by atoms with Crippen molar-refractivity contribution in [1.82, 2.24) is 15.1 Å². The van der Waals surface area contributed by atoms with Gasteiger partial charge in [0.15, 0.2) is 5.78 Å². The highest BCUT2D eigenvalue weighted by Crippen LogP contribution is 2.42. The number of nitrogens with zero attached hydrogens (tertiary/aromatic N) is 2. The molecule has 2 atom stereocenters. The molecule has 0 aromatic heterocycles. The number of rotatable bonds is 7. The molecule has 34 heavy (non-hydrogen) atoms. The van der Waals surface area contributed by atoms with Crippen molar-refractivity contribution in [2.75, 3.05) is 39.8 Å². The second-order valence-electron chi connectivity index (χ2n) is 9.68. The Morgan fingerprint density at radius 1 is 1.18 bits per heavy atom. The number of ether oxygens (including phenoxy) is 1. The summed E-state index contributed by atoms with van der Waals surface area (Å²) in [6.07, 6.45) is 1.70. The zero-order chi connectivity index (χ0) is 24.5. The summed E-state index contributed by atoms with van der Waals surface area (Å²) in [6.45, 7) is 3.82. The summed E-state index contributed by atoms with van der Waals surface area (Å²) in [5, 5.41) is 14.0. The summed E-state index contributed by atoms with van der Waals surface area (Å²) in [5.41, 5.74) is -0.294. The van der Waals surface area contributed by atoms with E-state index in [1.807, 2.05) is 17.0 Å². The first kappa shape index (κ1) is 24.9. The Hall–Kier alpha value is -2.16. The lowest BCUT2D eigenvalue weighted by molar-refractivity contribution is -0.147.